The van der Waals surface area contributed by atoms with Crippen LogP contribution in [-0.2, 0) is 6.54 Å². The van der Waals surface area contributed by atoms with Crippen molar-refractivity contribution in [2.24, 2.45) is 16.7 Å². The predicted octanol–water partition coefficient (Wildman–Crippen LogP) is 3.83. The van der Waals surface area contributed by atoms with Crippen LogP contribution in [0.25, 0.3) is 0 Å². The van der Waals surface area contributed by atoms with E-state index in [1.165, 1.54) is 10.4 Å². The van der Waals surface area contributed by atoms with Gasteiger partial charge in [0.15, 0.2) is 0 Å². The van der Waals surface area contributed by atoms with Gasteiger partial charge < -0.3 is 5.32 Å². The minimum absolute atomic E-state index is 0.504. The molecule has 16 heavy (non-hydrogen) atoms. The molecule has 1 N–H and O–H groups in total. The monoisotopic (exact) mass is 237 g/mol. The molecule has 0 amide bonds. The Balaban J connectivity index is 1.81. The minimum atomic E-state index is 0.504. The van der Waals surface area contributed by atoms with E-state index in [0.717, 1.165) is 19.0 Å². The van der Waals surface area contributed by atoms with E-state index in [9.17, 15) is 0 Å². The molecule has 0 unspecified atom stereocenters. The van der Waals surface area contributed by atoms with Crippen LogP contribution in [0, 0.1) is 23.7 Å². The number of thiophene rings is 1. The molecule has 0 spiro atoms. The van der Waals surface area contributed by atoms with Gasteiger partial charge in [0.2, 0.25) is 0 Å². The van der Waals surface area contributed by atoms with E-state index in [4.69, 9.17) is 0 Å². The van der Waals surface area contributed by atoms with Crippen LogP contribution >= 0.6 is 11.3 Å². The first-order valence-electron chi connectivity index (χ1n) is 6.11. The second-order valence-electron chi connectivity index (χ2n) is 6.15. The fraction of sp³-hybridized carbons (Fsp3) is 0.714. The van der Waals surface area contributed by atoms with Gasteiger partial charge in [-0.05, 0) is 47.2 Å². The van der Waals surface area contributed by atoms with Gasteiger partial charge in [-0.15, -0.1) is 11.3 Å². The summed E-state index contributed by atoms with van der Waals surface area (Å²) in [4.78, 5) is 1.48. The Kier molecular flexibility index (Phi) is 2.92. The van der Waals surface area contributed by atoms with Gasteiger partial charge in [-0.25, -0.2) is 0 Å². The Bertz CT molecular complexity index is 362. The molecule has 1 saturated carbocycles. The molecule has 0 saturated heterocycles. The molecule has 1 heterocycles. The van der Waals surface area contributed by atoms with Crippen LogP contribution < -0.4 is 5.32 Å². The second kappa shape index (κ2) is 3.85. The van der Waals surface area contributed by atoms with Gasteiger partial charge in [0.1, 0.15) is 0 Å². The van der Waals surface area contributed by atoms with Crippen LogP contribution in [0.1, 0.15) is 38.1 Å². The smallest absolute Gasteiger partial charge is 0.0302 e. The lowest BCUT2D eigenvalue weighted by Gasteiger charge is -2.05. The number of hydrogen-bond donors (Lipinski definition) is 1. The molecule has 1 aromatic heterocycles. The first-order valence-corrected chi connectivity index (χ1v) is 6.99. The normalized spacial score (nSPS) is 22.3. The maximum atomic E-state index is 3.61. The van der Waals surface area contributed by atoms with Crippen molar-refractivity contribution in [3.63, 3.8) is 0 Å². The molecule has 90 valence electrons. The standard InChI is InChI=1S/C14H23NS/c1-10-6-7-16-11(10)8-15-9-12-13(2,3)14(12,4)5/h6-7,12,15H,8-9H2,1-5H3. The molecule has 1 aliphatic rings. The van der Waals surface area contributed by atoms with Crippen LogP contribution in [0.15, 0.2) is 11.4 Å². The fourth-order valence-corrected chi connectivity index (χ4v) is 3.63. The van der Waals surface area contributed by atoms with E-state index in [2.05, 4.69) is 51.4 Å². The molecule has 0 bridgehead atoms. The lowest BCUT2D eigenvalue weighted by atomic mass is 10.0. The van der Waals surface area contributed by atoms with Gasteiger partial charge in [0.25, 0.3) is 0 Å². The van der Waals surface area contributed by atoms with Crippen molar-refractivity contribution in [1.29, 1.82) is 0 Å². The summed E-state index contributed by atoms with van der Waals surface area (Å²) in [6.45, 7) is 13.9. The first-order chi connectivity index (χ1) is 7.37. The third-order valence-electron chi connectivity index (χ3n) is 4.92. The van der Waals surface area contributed by atoms with Gasteiger partial charge in [-0.2, -0.15) is 0 Å². The maximum absolute atomic E-state index is 3.61. The molecule has 2 heteroatoms. The molecule has 1 fully saturated rings. The third-order valence-corrected chi connectivity index (χ3v) is 5.94. The Morgan fingerprint density at radius 2 is 1.88 bits per heavy atom. The van der Waals surface area contributed by atoms with Crippen LogP contribution in [-0.4, -0.2) is 6.54 Å². The summed E-state index contributed by atoms with van der Waals surface area (Å²) in [5, 5.41) is 5.79. The summed E-state index contributed by atoms with van der Waals surface area (Å²) in [6.07, 6.45) is 0. The lowest BCUT2D eigenvalue weighted by Crippen LogP contribution is -2.18. The highest BCUT2D eigenvalue weighted by Gasteiger charge is 2.63. The predicted molar refractivity (Wildman–Crippen MR) is 71.8 cm³/mol. The highest BCUT2D eigenvalue weighted by Crippen LogP contribution is 2.67. The summed E-state index contributed by atoms with van der Waals surface area (Å²) >= 11 is 1.86. The molecule has 1 aromatic rings. The number of nitrogens with one attached hydrogen (secondary N) is 1. The number of aryl methyl sites for hydroxylation is 1. The van der Waals surface area contributed by atoms with E-state index in [1.54, 1.807) is 0 Å². The van der Waals surface area contributed by atoms with E-state index < -0.39 is 0 Å². The Morgan fingerprint density at radius 1 is 1.25 bits per heavy atom. The Labute approximate surface area is 103 Å². The zero-order valence-corrected chi connectivity index (χ0v) is 11.9. The largest absolute Gasteiger partial charge is 0.312 e. The number of rotatable bonds is 4. The minimum Gasteiger partial charge on any atom is -0.312 e. The second-order valence-corrected chi connectivity index (χ2v) is 7.15. The van der Waals surface area contributed by atoms with Gasteiger partial charge in [0, 0.05) is 11.4 Å². The van der Waals surface area contributed by atoms with E-state index in [1.807, 2.05) is 11.3 Å². The van der Waals surface area contributed by atoms with Crippen LogP contribution in [0.4, 0.5) is 0 Å². The molecule has 1 aliphatic carbocycles. The van der Waals surface area contributed by atoms with E-state index >= 15 is 0 Å². The highest BCUT2D eigenvalue weighted by molar-refractivity contribution is 7.10. The van der Waals surface area contributed by atoms with E-state index in [0.29, 0.717) is 10.8 Å². The molecule has 0 aromatic carbocycles. The van der Waals surface area contributed by atoms with Gasteiger partial charge in [-0.3, -0.25) is 0 Å². The molecule has 1 nitrogen and oxygen atoms in total. The van der Waals surface area contributed by atoms with Crippen molar-refractivity contribution in [3.8, 4) is 0 Å². The highest BCUT2D eigenvalue weighted by atomic mass is 32.1. The topological polar surface area (TPSA) is 12.0 Å². The quantitative estimate of drug-likeness (QED) is 0.839. The van der Waals surface area contributed by atoms with Crippen molar-refractivity contribution < 1.29 is 0 Å². The van der Waals surface area contributed by atoms with Gasteiger partial charge >= 0.3 is 0 Å². The maximum Gasteiger partial charge on any atom is 0.0302 e. The average molecular weight is 237 g/mol. The van der Waals surface area contributed by atoms with Crippen molar-refractivity contribution in [1.82, 2.24) is 5.32 Å². The first kappa shape index (κ1) is 12.1. The summed E-state index contributed by atoms with van der Waals surface area (Å²) in [5.74, 6) is 0.820. The van der Waals surface area contributed by atoms with Crippen molar-refractivity contribution in [2.75, 3.05) is 6.54 Å². The van der Waals surface area contributed by atoms with Crippen molar-refractivity contribution >= 4 is 11.3 Å². The van der Waals surface area contributed by atoms with Crippen molar-refractivity contribution in [2.45, 2.75) is 41.2 Å². The lowest BCUT2D eigenvalue weighted by molar-refractivity contribution is 0.457. The molecule has 0 atom stereocenters. The van der Waals surface area contributed by atoms with Crippen LogP contribution in [0.2, 0.25) is 0 Å². The summed E-state index contributed by atoms with van der Waals surface area (Å²) in [6, 6.07) is 2.20. The summed E-state index contributed by atoms with van der Waals surface area (Å²) in [5.41, 5.74) is 2.43. The zero-order valence-electron chi connectivity index (χ0n) is 11.1. The molecule has 0 radical (unpaired) electrons. The van der Waals surface area contributed by atoms with Gasteiger partial charge in [0.05, 0.1) is 0 Å². The molecular weight excluding hydrogens is 214 g/mol. The Hall–Kier alpha value is -0.340. The summed E-state index contributed by atoms with van der Waals surface area (Å²) in [7, 11) is 0. The zero-order chi connectivity index (χ0) is 12.0. The Morgan fingerprint density at radius 3 is 2.31 bits per heavy atom. The third kappa shape index (κ3) is 1.82. The van der Waals surface area contributed by atoms with Crippen molar-refractivity contribution in [3.05, 3.63) is 21.9 Å². The molecule has 2 rings (SSSR count). The fourth-order valence-electron chi connectivity index (χ4n) is 2.76. The molecular formula is C14H23NS. The molecule has 0 aliphatic heterocycles. The average Bonchev–Trinajstić information content (AvgIpc) is 2.52. The summed E-state index contributed by atoms with van der Waals surface area (Å²) < 4.78 is 0. The SMILES string of the molecule is Cc1ccsc1CNCC1C(C)(C)C1(C)C. The van der Waals surface area contributed by atoms with Crippen LogP contribution in [0.5, 0.6) is 0 Å². The number of hydrogen-bond acceptors (Lipinski definition) is 2. The van der Waals surface area contributed by atoms with Gasteiger partial charge in [-0.1, -0.05) is 27.7 Å². The van der Waals surface area contributed by atoms with E-state index in [-0.39, 0.29) is 0 Å². The van der Waals surface area contributed by atoms with Crippen LogP contribution in [0.3, 0.4) is 0 Å².